The zero-order chi connectivity index (χ0) is 38.8. The lowest BCUT2D eigenvalue weighted by atomic mass is 9.31. The van der Waals surface area contributed by atoms with E-state index in [-0.39, 0.29) is 39.4 Å². The average Bonchev–Trinajstić information content (AvgIpc) is 3.50. The molecular weight excluding hydrogens is 657 g/mol. The highest BCUT2D eigenvalue weighted by molar-refractivity contribution is 5.84. The molecule has 0 aliphatic heterocycles. The van der Waals surface area contributed by atoms with Crippen molar-refractivity contribution in [1.29, 1.82) is 0 Å². The van der Waals surface area contributed by atoms with E-state index in [1.807, 2.05) is 6.92 Å². The lowest BCUT2D eigenvalue weighted by molar-refractivity contribution is -0.240. The Kier molecular flexibility index (Phi) is 13.5. The minimum atomic E-state index is -0.690. The van der Waals surface area contributed by atoms with E-state index in [2.05, 4.69) is 58.7 Å². The Bertz CT molecular complexity index is 1320. The molecule has 0 spiro atoms. The Morgan fingerprint density at radius 3 is 2.00 bits per heavy atom. The van der Waals surface area contributed by atoms with Crippen LogP contribution in [0.25, 0.3) is 0 Å². The molecule has 10 atom stereocenters. The zero-order valence-electron chi connectivity index (χ0n) is 35.6. The first-order valence-electron chi connectivity index (χ1n) is 22.4. The number of carboxylic acids is 1. The van der Waals surface area contributed by atoms with Crippen molar-refractivity contribution >= 4 is 17.7 Å². The lowest BCUT2D eigenvalue weighted by Crippen LogP contribution is -2.67. The van der Waals surface area contributed by atoms with Gasteiger partial charge in [0.1, 0.15) is 5.78 Å². The SMILES string of the molecule is C=C(CN(CC)CC)[C@@H]1CC[C@]2(C(=O)NCCCCCCCCCCC(=O)O)CC[C@]3(C)[C@H](CCC4[C@@]5(C)CC[C@H](C(C)=O)C(C)(C)[C@@H]5CC[C@]43C)[C@@H]12. The molecule has 5 aliphatic carbocycles. The number of carbonyl (C=O) groups is 3. The molecule has 2 N–H and O–H groups in total. The topological polar surface area (TPSA) is 86.7 Å². The van der Waals surface area contributed by atoms with Gasteiger partial charge in [0.15, 0.2) is 0 Å². The molecule has 0 aromatic heterocycles. The first-order chi connectivity index (χ1) is 25.0. The summed E-state index contributed by atoms with van der Waals surface area (Å²) < 4.78 is 0. The molecule has 0 aromatic rings. The number of nitrogens with one attached hydrogen (secondary N) is 1. The molecule has 0 aromatic carbocycles. The smallest absolute Gasteiger partial charge is 0.303 e. The summed E-state index contributed by atoms with van der Waals surface area (Å²) in [5, 5.41) is 12.4. The van der Waals surface area contributed by atoms with E-state index in [9.17, 15) is 14.4 Å². The number of rotatable bonds is 18. The van der Waals surface area contributed by atoms with Crippen molar-refractivity contribution in [2.24, 2.45) is 62.6 Å². The fourth-order valence-corrected chi connectivity index (χ4v) is 14.9. The molecule has 5 saturated carbocycles. The number of ketones is 1. The number of amides is 1. The van der Waals surface area contributed by atoms with Crippen LogP contribution in [-0.2, 0) is 14.4 Å². The number of fused-ring (bicyclic) bond motifs is 7. The Hall–Kier alpha value is -1.69. The quantitative estimate of drug-likeness (QED) is 0.108. The molecule has 1 amide bonds. The highest BCUT2D eigenvalue weighted by atomic mass is 16.4. The summed E-state index contributed by atoms with van der Waals surface area (Å²) >= 11 is 0. The number of aliphatic carboxylic acids is 1. The third-order valence-electron chi connectivity index (χ3n) is 17.9. The van der Waals surface area contributed by atoms with Crippen molar-refractivity contribution in [2.45, 2.75) is 177 Å². The van der Waals surface area contributed by atoms with Gasteiger partial charge in [-0.2, -0.15) is 0 Å². The predicted octanol–water partition coefficient (Wildman–Crippen LogP) is 10.9. The molecule has 1 unspecified atom stereocenters. The molecule has 0 saturated heterocycles. The van der Waals surface area contributed by atoms with Gasteiger partial charge in [-0.05, 0) is 148 Å². The molecule has 302 valence electrons. The second-order valence-corrected chi connectivity index (χ2v) is 20.4. The molecule has 5 rings (SSSR count). The van der Waals surface area contributed by atoms with Crippen molar-refractivity contribution in [3.63, 3.8) is 0 Å². The van der Waals surface area contributed by atoms with Crippen LogP contribution in [0.1, 0.15) is 177 Å². The highest BCUT2D eigenvalue weighted by Crippen LogP contribution is 2.78. The Morgan fingerprint density at radius 1 is 0.736 bits per heavy atom. The number of carboxylic acid groups (broad SMARTS) is 1. The minimum absolute atomic E-state index is 0.0414. The monoisotopic (exact) mass is 737 g/mol. The molecule has 0 radical (unpaired) electrons. The second-order valence-electron chi connectivity index (χ2n) is 20.4. The lowest BCUT2D eigenvalue weighted by Gasteiger charge is -2.73. The molecule has 6 heteroatoms. The van der Waals surface area contributed by atoms with Crippen LogP contribution in [0, 0.1) is 62.6 Å². The van der Waals surface area contributed by atoms with Gasteiger partial charge in [-0.1, -0.05) is 99.1 Å². The van der Waals surface area contributed by atoms with Crippen LogP contribution in [0.4, 0.5) is 0 Å². The number of unbranched alkanes of at least 4 members (excludes halogenated alkanes) is 7. The standard InChI is InChI=1S/C47H80N2O4/c1-10-49(11-2)32-33(3)35-23-28-47(42(53)48-31-19-17-15-13-12-14-16-18-20-40(51)52)30-29-45(8)37(41(35)47)21-22-39-44(7)26-24-36(34(4)50)43(5,6)38(44)25-27-46(39,45)9/h35-39,41H,3,10-32H2,1-2,4-9H3,(H,48,53)(H,51,52)/t35-,36+,37+,38-,39?,41+,44-,45+,46+,47-/m0/s1. The molecule has 6 nitrogen and oxygen atoms in total. The van der Waals surface area contributed by atoms with E-state index in [4.69, 9.17) is 11.7 Å². The van der Waals surface area contributed by atoms with Gasteiger partial charge in [0, 0.05) is 25.4 Å². The van der Waals surface area contributed by atoms with Crippen LogP contribution in [0.2, 0.25) is 0 Å². The van der Waals surface area contributed by atoms with E-state index in [0.29, 0.717) is 41.3 Å². The van der Waals surface area contributed by atoms with Crippen LogP contribution >= 0.6 is 0 Å². The predicted molar refractivity (Wildman–Crippen MR) is 217 cm³/mol. The van der Waals surface area contributed by atoms with Crippen molar-refractivity contribution in [3.8, 4) is 0 Å². The summed E-state index contributed by atoms with van der Waals surface area (Å²) in [7, 11) is 0. The van der Waals surface area contributed by atoms with Gasteiger partial charge in [-0.3, -0.25) is 19.3 Å². The largest absolute Gasteiger partial charge is 0.481 e. The van der Waals surface area contributed by atoms with Crippen LogP contribution in [-0.4, -0.2) is 53.8 Å². The van der Waals surface area contributed by atoms with E-state index in [1.54, 1.807) is 0 Å². The third kappa shape index (κ3) is 7.72. The second kappa shape index (κ2) is 16.8. The van der Waals surface area contributed by atoms with E-state index in [0.717, 1.165) is 90.4 Å². The van der Waals surface area contributed by atoms with Crippen molar-refractivity contribution in [2.75, 3.05) is 26.2 Å². The Morgan fingerprint density at radius 2 is 1.38 bits per heavy atom. The van der Waals surface area contributed by atoms with Gasteiger partial charge in [-0.25, -0.2) is 0 Å². The van der Waals surface area contributed by atoms with Crippen molar-refractivity contribution in [3.05, 3.63) is 12.2 Å². The molecule has 5 fully saturated rings. The summed E-state index contributed by atoms with van der Waals surface area (Å²) in [4.78, 5) is 40.8. The maximum atomic E-state index is 14.7. The summed E-state index contributed by atoms with van der Waals surface area (Å²) in [6, 6.07) is 0. The van der Waals surface area contributed by atoms with Gasteiger partial charge in [0.05, 0.1) is 5.41 Å². The van der Waals surface area contributed by atoms with Gasteiger partial charge in [-0.15, -0.1) is 0 Å². The average molecular weight is 737 g/mol. The highest BCUT2D eigenvalue weighted by Gasteiger charge is 2.72. The number of hydrogen-bond donors (Lipinski definition) is 2. The maximum Gasteiger partial charge on any atom is 0.303 e. The fraction of sp³-hybridized carbons (Fsp3) is 0.894. The number of Topliss-reactive ketones (excluding diaryl/α,β-unsaturated/α-hetero) is 1. The minimum Gasteiger partial charge on any atom is -0.481 e. The van der Waals surface area contributed by atoms with Crippen LogP contribution in [0.15, 0.2) is 12.2 Å². The first kappa shape index (κ1) is 42.5. The zero-order valence-corrected chi connectivity index (χ0v) is 35.6. The number of likely N-dealkylation sites (N-methyl/N-ethyl adjacent to an activating group) is 1. The maximum absolute atomic E-state index is 14.7. The van der Waals surface area contributed by atoms with Crippen molar-refractivity contribution < 1.29 is 19.5 Å². The molecule has 0 bridgehead atoms. The van der Waals surface area contributed by atoms with Gasteiger partial charge in [0.2, 0.25) is 5.91 Å². The molecule has 5 aliphatic rings. The summed E-state index contributed by atoms with van der Waals surface area (Å²) in [5.41, 5.74) is 1.79. The summed E-state index contributed by atoms with van der Waals surface area (Å²) in [6.07, 6.45) is 20.3. The number of nitrogens with zero attached hydrogens (tertiary/aromatic N) is 1. The third-order valence-corrected chi connectivity index (χ3v) is 17.9. The Balaban J connectivity index is 1.32. The normalized spacial score (nSPS) is 38.7. The summed E-state index contributed by atoms with van der Waals surface area (Å²) in [5.74, 6) is 2.76. The van der Waals surface area contributed by atoms with Gasteiger partial charge >= 0.3 is 5.97 Å². The molecule has 53 heavy (non-hydrogen) atoms. The van der Waals surface area contributed by atoms with Gasteiger partial charge < -0.3 is 10.4 Å². The summed E-state index contributed by atoms with van der Waals surface area (Å²) in [6.45, 7) is 27.8. The van der Waals surface area contributed by atoms with Crippen LogP contribution in [0.3, 0.4) is 0 Å². The van der Waals surface area contributed by atoms with Crippen molar-refractivity contribution in [1.82, 2.24) is 10.2 Å². The van der Waals surface area contributed by atoms with E-state index < -0.39 is 5.97 Å². The van der Waals surface area contributed by atoms with Gasteiger partial charge in [0.25, 0.3) is 0 Å². The fourth-order valence-electron chi connectivity index (χ4n) is 14.9. The molecular formula is C47H80N2O4. The van der Waals surface area contributed by atoms with Crippen LogP contribution in [0.5, 0.6) is 0 Å². The number of hydrogen-bond acceptors (Lipinski definition) is 4. The van der Waals surface area contributed by atoms with E-state index >= 15 is 0 Å². The number of carbonyl (C=O) groups excluding carboxylic acids is 2. The Labute approximate surface area is 324 Å². The molecule has 0 heterocycles. The van der Waals surface area contributed by atoms with Crippen LogP contribution < -0.4 is 5.32 Å². The van der Waals surface area contributed by atoms with E-state index in [1.165, 1.54) is 56.9 Å². The first-order valence-corrected chi connectivity index (χ1v) is 22.4.